The molecule has 0 aliphatic carbocycles. The third-order valence-corrected chi connectivity index (χ3v) is 3.19. The predicted octanol–water partition coefficient (Wildman–Crippen LogP) is 2.67. The molecule has 0 unspecified atom stereocenters. The number of carbonyl (C=O) groups is 1. The lowest BCUT2D eigenvalue weighted by Gasteiger charge is -2.13. The lowest BCUT2D eigenvalue weighted by atomic mass is 9.98. The molecule has 0 radical (unpaired) electrons. The quantitative estimate of drug-likeness (QED) is 0.488. The number of aldehydes is 1. The molecule has 0 bridgehead atoms. The van der Waals surface area contributed by atoms with Crippen LogP contribution in [0.4, 0.5) is 0 Å². The Morgan fingerprint density at radius 3 is 2.20 bits per heavy atom. The molecular weight excluding hydrogens is 256 g/mol. The third-order valence-electron chi connectivity index (χ3n) is 3.19. The highest BCUT2D eigenvalue weighted by atomic mass is 16.5. The third kappa shape index (κ3) is 4.94. The maximum absolute atomic E-state index is 11.2. The van der Waals surface area contributed by atoms with Crippen molar-refractivity contribution in [3.05, 3.63) is 28.8 Å². The van der Waals surface area contributed by atoms with E-state index in [1.54, 1.807) is 21.3 Å². The normalized spacial score (nSPS) is 10.6. The van der Waals surface area contributed by atoms with Gasteiger partial charge >= 0.3 is 0 Å². The van der Waals surface area contributed by atoms with Gasteiger partial charge in [-0.3, -0.25) is 4.79 Å². The number of hydrogen-bond donors (Lipinski definition) is 0. The number of hydrogen-bond acceptors (Lipinski definition) is 4. The fourth-order valence-corrected chi connectivity index (χ4v) is 2.28. The molecule has 0 spiro atoms. The van der Waals surface area contributed by atoms with Crippen LogP contribution in [-0.2, 0) is 22.3 Å². The van der Waals surface area contributed by atoms with Crippen LogP contribution in [0.3, 0.4) is 0 Å². The van der Waals surface area contributed by atoms with Crippen molar-refractivity contribution in [2.75, 3.05) is 34.5 Å². The van der Waals surface area contributed by atoms with Crippen molar-refractivity contribution in [1.29, 1.82) is 0 Å². The summed E-state index contributed by atoms with van der Waals surface area (Å²) in [4.78, 5) is 11.2. The van der Waals surface area contributed by atoms with Gasteiger partial charge in [0.05, 0.1) is 12.7 Å². The van der Waals surface area contributed by atoms with Crippen LogP contribution in [0.25, 0.3) is 0 Å². The molecule has 112 valence electrons. The largest absolute Gasteiger partial charge is 0.496 e. The fourth-order valence-electron chi connectivity index (χ4n) is 2.28. The first-order valence-electron chi connectivity index (χ1n) is 6.89. The Morgan fingerprint density at radius 1 is 1.00 bits per heavy atom. The van der Waals surface area contributed by atoms with Gasteiger partial charge in [0, 0.05) is 27.4 Å². The lowest BCUT2D eigenvalue weighted by molar-refractivity contribution is 0.112. The lowest BCUT2D eigenvalue weighted by Crippen LogP contribution is -2.02. The number of aryl methyl sites for hydroxylation is 2. The molecule has 0 aromatic heterocycles. The summed E-state index contributed by atoms with van der Waals surface area (Å²) in [5.41, 5.74) is 2.84. The molecule has 20 heavy (non-hydrogen) atoms. The van der Waals surface area contributed by atoms with E-state index in [1.807, 2.05) is 6.07 Å². The Morgan fingerprint density at radius 2 is 1.65 bits per heavy atom. The number of carbonyl (C=O) groups excluding carboxylic acids is 1. The van der Waals surface area contributed by atoms with Gasteiger partial charge in [-0.05, 0) is 42.9 Å². The zero-order chi connectivity index (χ0) is 14.8. The first-order chi connectivity index (χ1) is 9.76. The Labute approximate surface area is 121 Å². The molecule has 0 aliphatic heterocycles. The van der Waals surface area contributed by atoms with Gasteiger partial charge in [-0.15, -0.1) is 0 Å². The van der Waals surface area contributed by atoms with E-state index in [4.69, 9.17) is 14.2 Å². The highest BCUT2D eigenvalue weighted by molar-refractivity contribution is 5.80. The molecule has 0 fully saturated rings. The van der Waals surface area contributed by atoms with Crippen molar-refractivity contribution in [2.45, 2.75) is 25.7 Å². The van der Waals surface area contributed by atoms with E-state index in [1.165, 1.54) is 0 Å². The number of rotatable bonds is 10. The van der Waals surface area contributed by atoms with Crippen LogP contribution >= 0.6 is 0 Å². The van der Waals surface area contributed by atoms with Crippen molar-refractivity contribution in [2.24, 2.45) is 0 Å². The Bertz CT molecular complexity index is 415. The topological polar surface area (TPSA) is 44.8 Å². The summed E-state index contributed by atoms with van der Waals surface area (Å²) in [6, 6.07) is 4.03. The van der Waals surface area contributed by atoms with Gasteiger partial charge in [-0.2, -0.15) is 0 Å². The number of ether oxygens (including phenoxy) is 3. The molecule has 0 atom stereocenters. The van der Waals surface area contributed by atoms with Crippen LogP contribution in [0.5, 0.6) is 5.75 Å². The summed E-state index contributed by atoms with van der Waals surface area (Å²) in [7, 11) is 4.99. The first kappa shape index (κ1) is 16.7. The molecule has 4 heteroatoms. The molecule has 0 saturated carbocycles. The van der Waals surface area contributed by atoms with Crippen molar-refractivity contribution >= 4 is 6.29 Å². The summed E-state index contributed by atoms with van der Waals surface area (Å²) >= 11 is 0. The fraction of sp³-hybridized carbons (Fsp3) is 0.562. The second kappa shape index (κ2) is 9.50. The van der Waals surface area contributed by atoms with Crippen LogP contribution in [0.15, 0.2) is 12.1 Å². The van der Waals surface area contributed by atoms with Gasteiger partial charge in [0.15, 0.2) is 6.29 Å². The van der Waals surface area contributed by atoms with E-state index in [0.29, 0.717) is 17.9 Å². The van der Waals surface area contributed by atoms with E-state index >= 15 is 0 Å². The molecule has 0 amide bonds. The standard InChI is InChI=1S/C16H24O4/c1-18-8-4-6-13-10-14(7-5-9-19-2)16(20-3)15(11-13)12-17/h10-12H,4-9H2,1-3H3. The van der Waals surface area contributed by atoms with Gasteiger partial charge in [0.25, 0.3) is 0 Å². The molecule has 1 rings (SSSR count). The molecule has 1 aromatic rings. The summed E-state index contributed by atoms with van der Waals surface area (Å²) < 4.78 is 15.5. The van der Waals surface area contributed by atoms with Gasteiger partial charge < -0.3 is 14.2 Å². The Hall–Kier alpha value is -1.39. The van der Waals surface area contributed by atoms with Gasteiger partial charge in [0.1, 0.15) is 5.75 Å². The Balaban J connectivity index is 2.91. The highest BCUT2D eigenvalue weighted by Gasteiger charge is 2.11. The SMILES string of the molecule is COCCCc1cc(C=O)c(OC)c(CCCOC)c1. The minimum atomic E-state index is 0.620. The second-order valence-electron chi connectivity index (χ2n) is 4.69. The zero-order valence-electron chi connectivity index (χ0n) is 12.6. The molecule has 0 heterocycles. The predicted molar refractivity (Wildman–Crippen MR) is 78.8 cm³/mol. The van der Waals surface area contributed by atoms with Gasteiger partial charge in [-0.25, -0.2) is 0 Å². The average Bonchev–Trinajstić information content (AvgIpc) is 2.47. The van der Waals surface area contributed by atoms with Crippen molar-refractivity contribution < 1.29 is 19.0 Å². The average molecular weight is 280 g/mol. The van der Waals surface area contributed by atoms with E-state index in [0.717, 1.165) is 49.7 Å². The van der Waals surface area contributed by atoms with E-state index in [9.17, 15) is 4.79 Å². The Kier molecular flexibility index (Phi) is 7.92. The summed E-state index contributed by atoms with van der Waals surface area (Å²) in [5, 5.41) is 0. The van der Waals surface area contributed by atoms with E-state index < -0.39 is 0 Å². The maximum Gasteiger partial charge on any atom is 0.153 e. The maximum atomic E-state index is 11.2. The molecule has 0 saturated heterocycles. The monoisotopic (exact) mass is 280 g/mol. The highest BCUT2D eigenvalue weighted by Crippen LogP contribution is 2.26. The zero-order valence-corrected chi connectivity index (χ0v) is 12.6. The van der Waals surface area contributed by atoms with Crippen LogP contribution in [-0.4, -0.2) is 40.8 Å². The number of benzene rings is 1. The molecule has 4 nitrogen and oxygen atoms in total. The van der Waals surface area contributed by atoms with Crippen LogP contribution in [0.1, 0.15) is 34.3 Å². The van der Waals surface area contributed by atoms with E-state index in [-0.39, 0.29) is 0 Å². The first-order valence-corrected chi connectivity index (χ1v) is 6.89. The van der Waals surface area contributed by atoms with E-state index in [2.05, 4.69) is 6.07 Å². The van der Waals surface area contributed by atoms with Gasteiger partial charge in [-0.1, -0.05) is 6.07 Å². The summed E-state index contributed by atoms with van der Waals surface area (Å²) in [6.45, 7) is 1.43. The molecule has 1 aromatic carbocycles. The smallest absolute Gasteiger partial charge is 0.153 e. The van der Waals surface area contributed by atoms with Crippen LogP contribution in [0.2, 0.25) is 0 Å². The molecule has 0 N–H and O–H groups in total. The van der Waals surface area contributed by atoms with Crippen molar-refractivity contribution in [3.63, 3.8) is 0 Å². The minimum Gasteiger partial charge on any atom is -0.496 e. The van der Waals surface area contributed by atoms with Crippen molar-refractivity contribution in [1.82, 2.24) is 0 Å². The van der Waals surface area contributed by atoms with Crippen molar-refractivity contribution in [3.8, 4) is 5.75 Å². The summed E-state index contributed by atoms with van der Waals surface area (Å²) in [5.74, 6) is 0.687. The second-order valence-corrected chi connectivity index (χ2v) is 4.69. The minimum absolute atomic E-state index is 0.620. The summed E-state index contributed by atoms with van der Waals surface area (Å²) in [6.07, 6.45) is 4.45. The van der Waals surface area contributed by atoms with Crippen LogP contribution < -0.4 is 4.74 Å². The number of methoxy groups -OCH3 is 3. The van der Waals surface area contributed by atoms with Gasteiger partial charge in [0.2, 0.25) is 0 Å². The molecular formula is C16H24O4. The molecule has 0 aliphatic rings. The van der Waals surface area contributed by atoms with Crippen LogP contribution in [0, 0.1) is 0 Å².